The number of hydrogen-bond acceptors (Lipinski definition) is 4. The Balaban J connectivity index is 2.05. The topological polar surface area (TPSA) is 63.7 Å². The first-order chi connectivity index (χ1) is 10.2. The van der Waals surface area contributed by atoms with Gasteiger partial charge < -0.3 is 19.7 Å². The second kappa shape index (κ2) is 7.26. The molecule has 2 heterocycles. The number of carbonyl (C=O) groups is 1. The van der Waals surface area contributed by atoms with E-state index in [0.29, 0.717) is 18.2 Å². The van der Waals surface area contributed by atoms with Crippen molar-refractivity contribution in [2.24, 2.45) is 0 Å². The van der Waals surface area contributed by atoms with E-state index >= 15 is 0 Å². The van der Waals surface area contributed by atoms with Crippen LogP contribution in [-0.4, -0.2) is 49.3 Å². The number of amides is 2. The molecule has 21 heavy (non-hydrogen) atoms. The van der Waals surface area contributed by atoms with Crippen LogP contribution >= 0.6 is 0 Å². The number of ether oxygens (including phenoxy) is 2. The molecule has 2 rings (SSSR count). The average molecular weight is 293 g/mol. The fraction of sp³-hybridized carbons (Fsp3) is 0.600. The van der Waals surface area contributed by atoms with Crippen molar-refractivity contribution in [3.63, 3.8) is 0 Å². The summed E-state index contributed by atoms with van der Waals surface area (Å²) in [4.78, 5) is 18.6. The van der Waals surface area contributed by atoms with Crippen LogP contribution < -0.4 is 10.1 Å². The van der Waals surface area contributed by atoms with Gasteiger partial charge in [-0.15, -0.1) is 0 Å². The summed E-state index contributed by atoms with van der Waals surface area (Å²) in [5, 5.41) is 2.93. The molecule has 0 bridgehead atoms. The third-order valence-corrected chi connectivity index (χ3v) is 3.76. The molecule has 0 spiro atoms. The smallest absolute Gasteiger partial charge is 0.322 e. The van der Waals surface area contributed by atoms with Gasteiger partial charge in [-0.2, -0.15) is 0 Å². The van der Waals surface area contributed by atoms with Crippen molar-refractivity contribution in [1.82, 2.24) is 9.88 Å². The highest BCUT2D eigenvalue weighted by atomic mass is 16.5. The van der Waals surface area contributed by atoms with Gasteiger partial charge in [0.1, 0.15) is 0 Å². The van der Waals surface area contributed by atoms with Crippen molar-refractivity contribution in [1.29, 1.82) is 0 Å². The van der Waals surface area contributed by atoms with Crippen LogP contribution in [0.25, 0.3) is 0 Å². The van der Waals surface area contributed by atoms with Gasteiger partial charge in [0, 0.05) is 19.7 Å². The van der Waals surface area contributed by atoms with Crippen LogP contribution in [0.15, 0.2) is 12.1 Å². The molecule has 2 amide bonds. The van der Waals surface area contributed by atoms with Gasteiger partial charge in [0.15, 0.2) is 0 Å². The minimum Gasteiger partial charge on any atom is -0.481 e. The third-order valence-electron chi connectivity index (χ3n) is 3.76. The molecular weight excluding hydrogens is 270 g/mol. The van der Waals surface area contributed by atoms with E-state index in [4.69, 9.17) is 9.47 Å². The van der Waals surface area contributed by atoms with E-state index in [1.165, 1.54) is 0 Å². The maximum atomic E-state index is 12.5. The zero-order valence-corrected chi connectivity index (χ0v) is 12.9. The Bertz CT molecular complexity index is 491. The number of carbonyl (C=O) groups excluding carboxylic acids is 1. The lowest BCUT2D eigenvalue weighted by molar-refractivity contribution is 0.0878. The van der Waals surface area contributed by atoms with Crippen LogP contribution in [0, 0.1) is 6.92 Å². The molecule has 6 nitrogen and oxygen atoms in total. The Hall–Kier alpha value is -1.82. The van der Waals surface area contributed by atoms with Crippen LogP contribution in [0.3, 0.4) is 0 Å². The zero-order chi connectivity index (χ0) is 15.2. The summed E-state index contributed by atoms with van der Waals surface area (Å²) in [5.41, 5.74) is 1.45. The molecule has 1 saturated heterocycles. The molecule has 1 atom stereocenters. The summed E-state index contributed by atoms with van der Waals surface area (Å²) in [5.74, 6) is 0.542. The molecule has 1 aliphatic rings. The quantitative estimate of drug-likeness (QED) is 0.926. The number of likely N-dealkylation sites (tertiary alicyclic amines) is 1. The zero-order valence-electron chi connectivity index (χ0n) is 12.9. The number of urea groups is 1. The van der Waals surface area contributed by atoms with Gasteiger partial charge in [0.2, 0.25) is 5.88 Å². The molecule has 1 fully saturated rings. The molecular formula is C15H23N3O3. The number of rotatable bonds is 4. The fourth-order valence-corrected chi connectivity index (χ4v) is 2.60. The van der Waals surface area contributed by atoms with E-state index in [0.717, 1.165) is 31.5 Å². The molecule has 6 heteroatoms. The predicted molar refractivity (Wildman–Crippen MR) is 80.8 cm³/mol. The highest BCUT2D eigenvalue weighted by molar-refractivity contribution is 5.90. The number of pyridine rings is 1. The van der Waals surface area contributed by atoms with Crippen molar-refractivity contribution in [3.05, 3.63) is 17.8 Å². The van der Waals surface area contributed by atoms with Gasteiger partial charge in [-0.3, -0.25) is 0 Å². The second-order valence-electron chi connectivity index (χ2n) is 5.22. The van der Waals surface area contributed by atoms with Crippen molar-refractivity contribution < 1.29 is 14.3 Å². The standard InChI is InChI=1S/C15H23N3O3/c1-11-13(7-8-14(16-11)21-3)17-15(19)18-9-5-4-6-12(18)10-20-2/h7-8,12H,4-6,9-10H2,1-3H3,(H,17,19). The van der Waals surface area contributed by atoms with Crippen molar-refractivity contribution >= 4 is 11.7 Å². The molecule has 0 saturated carbocycles. The van der Waals surface area contributed by atoms with Gasteiger partial charge >= 0.3 is 6.03 Å². The average Bonchev–Trinajstić information content (AvgIpc) is 2.50. The van der Waals surface area contributed by atoms with Crippen molar-refractivity contribution in [2.75, 3.05) is 32.7 Å². The predicted octanol–water partition coefficient (Wildman–Crippen LogP) is 2.43. The van der Waals surface area contributed by atoms with Gasteiger partial charge in [0.05, 0.1) is 31.1 Å². The molecule has 1 aromatic heterocycles. The molecule has 0 radical (unpaired) electrons. The summed E-state index contributed by atoms with van der Waals surface area (Å²) in [7, 11) is 3.24. The number of anilines is 1. The van der Waals surface area contributed by atoms with Gasteiger partial charge in [-0.25, -0.2) is 9.78 Å². The minimum atomic E-state index is -0.0909. The van der Waals surface area contributed by atoms with Crippen LogP contribution in [0.1, 0.15) is 25.0 Å². The summed E-state index contributed by atoms with van der Waals surface area (Å²) in [6.45, 7) is 3.19. The number of aryl methyl sites for hydroxylation is 1. The van der Waals surface area contributed by atoms with E-state index < -0.39 is 0 Å². The lowest BCUT2D eigenvalue weighted by Gasteiger charge is -2.35. The molecule has 1 aromatic rings. The largest absolute Gasteiger partial charge is 0.481 e. The second-order valence-corrected chi connectivity index (χ2v) is 5.22. The first kappa shape index (κ1) is 15.6. The van der Waals surface area contributed by atoms with Gasteiger partial charge in [0.25, 0.3) is 0 Å². The van der Waals surface area contributed by atoms with Crippen LogP contribution in [0.4, 0.5) is 10.5 Å². The van der Waals surface area contributed by atoms with Crippen molar-refractivity contribution in [3.8, 4) is 5.88 Å². The molecule has 116 valence electrons. The molecule has 1 unspecified atom stereocenters. The summed E-state index contributed by atoms with van der Waals surface area (Å²) in [6, 6.07) is 3.61. The van der Waals surface area contributed by atoms with E-state index in [2.05, 4.69) is 10.3 Å². The number of hydrogen-bond donors (Lipinski definition) is 1. The Labute approximate surface area is 125 Å². The van der Waals surface area contributed by atoms with E-state index in [1.807, 2.05) is 17.9 Å². The lowest BCUT2D eigenvalue weighted by Crippen LogP contribution is -2.48. The Morgan fingerprint density at radius 3 is 2.90 bits per heavy atom. The van der Waals surface area contributed by atoms with E-state index in [1.54, 1.807) is 20.3 Å². The Kier molecular flexibility index (Phi) is 5.38. The maximum Gasteiger partial charge on any atom is 0.322 e. The van der Waals surface area contributed by atoms with Gasteiger partial charge in [-0.1, -0.05) is 0 Å². The lowest BCUT2D eigenvalue weighted by atomic mass is 10.0. The summed E-state index contributed by atoms with van der Waals surface area (Å²) >= 11 is 0. The van der Waals surface area contributed by atoms with Crippen LogP contribution in [0.2, 0.25) is 0 Å². The normalized spacial score (nSPS) is 18.4. The molecule has 0 aliphatic carbocycles. The van der Waals surface area contributed by atoms with Gasteiger partial charge in [-0.05, 0) is 32.3 Å². The summed E-state index contributed by atoms with van der Waals surface area (Å²) < 4.78 is 10.3. The minimum absolute atomic E-state index is 0.0909. The monoisotopic (exact) mass is 293 g/mol. The highest BCUT2D eigenvalue weighted by Gasteiger charge is 2.26. The Morgan fingerprint density at radius 1 is 1.43 bits per heavy atom. The molecule has 1 aliphatic heterocycles. The third kappa shape index (κ3) is 3.85. The molecule has 1 N–H and O–H groups in total. The molecule has 0 aromatic carbocycles. The van der Waals surface area contributed by atoms with E-state index in [-0.39, 0.29) is 12.1 Å². The number of aromatic nitrogens is 1. The first-order valence-corrected chi connectivity index (χ1v) is 7.24. The maximum absolute atomic E-state index is 12.5. The summed E-state index contributed by atoms with van der Waals surface area (Å²) in [6.07, 6.45) is 3.16. The van der Waals surface area contributed by atoms with Crippen LogP contribution in [0.5, 0.6) is 5.88 Å². The number of methoxy groups -OCH3 is 2. The SMILES string of the molecule is COCC1CCCCN1C(=O)Nc1ccc(OC)nc1C. The van der Waals surface area contributed by atoms with Crippen molar-refractivity contribution in [2.45, 2.75) is 32.2 Å². The van der Waals surface area contributed by atoms with Crippen LogP contribution in [-0.2, 0) is 4.74 Å². The van der Waals surface area contributed by atoms with E-state index in [9.17, 15) is 4.79 Å². The Morgan fingerprint density at radius 2 is 2.24 bits per heavy atom. The number of nitrogens with zero attached hydrogens (tertiary/aromatic N) is 2. The fourth-order valence-electron chi connectivity index (χ4n) is 2.60. The number of nitrogens with one attached hydrogen (secondary N) is 1. The first-order valence-electron chi connectivity index (χ1n) is 7.24. The number of piperidine rings is 1. The highest BCUT2D eigenvalue weighted by Crippen LogP contribution is 2.21.